The zero-order valence-corrected chi connectivity index (χ0v) is 14.0. The van der Waals surface area contributed by atoms with Crippen molar-refractivity contribution in [2.24, 2.45) is 0 Å². The molecule has 0 bridgehead atoms. The van der Waals surface area contributed by atoms with E-state index in [4.69, 9.17) is 4.74 Å². The maximum absolute atomic E-state index is 13.6. The number of para-hydroxylation sites is 1. The molecular weight excluding hydrogens is 335 g/mol. The van der Waals surface area contributed by atoms with Crippen molar-refractivity contribution in [2.45, 2.75) is 0 Å². The van der Waals surface area contributed by atoms with Gasteiger partial charge in [-0.05, 0) is 36.4 Å². The molecule has 1 amide bonds. The normalized spacial score (nSPS) is 11.0. The van der Waals surface area contributed by atoms with E-state index in [0.717, 1.165) is 10.6 Å². The second-order valence-electron chi connectivity index (χ2n) is 5.00. The average Bonchev–Trinajstić information content (AvgIpc) is 2.54. The molecule has 0 aliphatic carbocycles. The van der Waals surface area contributed by atoms with Gasteiger partial charge in [0.25, 0.3) is 0 Å². The van der Waals surface area contributed by atoms with E-state index >= 15 is 0 Å². The smallest absolute Gasteiger partial charge is 0.245 e. The van der Waals surface area contributed by atoms with E-state index in [-0.39, 0.29) is 5.69 Å². The van der Waals surface area contributed by atoms with Crippen LogP contribution in [0.2, 0.25) is 0 Å². The van der Waals surface area contributed by atoms with Crippen molar-refractivity contribution in [3.05, 3.63) is 54.3 Å². The number of sulfonamides is 1. The highest BCUT2D eigenvalue weighted by atomic mass is 32.2. The fraction of sp³-hybridized carbons (Fsp3) is 0.188. The molecule has 24 heavy (non-hydrogen) atoms. The molecule has 0 heterocycles. The second kappa shape index (κ2) is 7.31. The number of halogens is 1. The Hall–Kier alpha value is -2.61. The molecule has 1 N–H and O–H groups in total. The van der Waals surface area contributed by atoms with Gasteiger partial charge in [-0.1, -0.05) is 12.1 Å². The summed E-state index contributed by atoms with van der Waals surface area (Å²) >= 11 is 0. The van der Waals surface area contributed by atoms with Gasteiger partial charge in [0.2, 0.25) is 15.9 Å². The number of carbonyl (C=O) groups excluding carboxylic acids is 1. The molecule has 0 spiro atoms. The topological polar surface area (TPSA) is 75.7 Å². The van der Waals surface area contributed by atoms with E-state index in [0.29, 0.717) is 11.4 Å². The minimum atomic E-state index is -3.70. The first-order chi connectivity index (χ1) is 11.3. The van der Waals surface area contributed by atoms with Gasteiger partial charge in [-0.3, -0.25) is 9.10 Å². The van der Waals surface area contributed by atoms with Gasteiger partial charge in [0.05, 0.1) is 24.7 Å². The third-order valence-corrected chi connectivity index (χ3v) is 4.34. The number of nitrogens with zero attached hydrogens (tertiary/aromatic N) is 1. The van der Waals surface area contributed by atoms with Crippen LogP contribution < -0.4 is 14.4 Å². The van der Waals surface area contributed by atoms with Crippen molar-refractivity contribution in [1.29, 1.82) is 0 Å². The Bertz CT molecular complexity index is 822. The van der Waals surface area contributed by atoms with Crippen LogP contribution >= 0.6 is 0 Å². The van der Waals surface area contributed by atoms with Crippen LogP contribution in [0.15, 0.2) is 48.5 Å². The van der Waals surface area contributed by atoms with E-state index in [9.17, 15) is 17.6 Å². The largest absolute Gasteiger partial charge is 0.497 e. The van der Waals surface area contributed by atoms with Crippen LogP contribution in [0.4, 0.5) is 15.8 Å². The van der Waals surface area contributed by atoms with Crippen LogP contribution in [0.25, 0.3) is 0 Å². The quantitative estimate of drug-likeness (QED) is 0.865. The van der Waals surface area contributed by atoms with Crippen LogP contribution in [-0.2, 0) is 14.8 Å². The summed E-state index contributed by atoms with van der Waals surface area (Å²) in [5, 5.41) is 2.36. The number of amides is 1. The Morgan fingerprint density at radius 1 is 1.17 bits per heavy atom. The highest BCUT2D eigenvalue weighted by Crippen LogP contribution is 2.21. The Morgan fingerprint density at radius 3 is 2.33 bits per heavy atom. The first-order valence-electron chi connectivity index (χ1n) is 6.97. The van der Waals surface area contributed by atoms with Crippen molar-refractivity contribution in [3.8, 4) is 5.75 Å². The monoisotopic (exact) mass is 352 g/mol. The van der Waals surface area contributed by atoms with Gasteiger partial charge in [0.15, 0.2) is 0 Å². The summed E-state index contributed by atoms with van der Waals surface area (Å²) in [6, 6.07) is 11.9. The molecule has 0 saturated carbocycles. The molecule has 0 atom stereocenters. The second-order valence-corrected chi connectivity index (χ2v) is 6.90. The Balaban J connectivity index is 2.20. The summed E-state index contributed by atoms with van der Waals surface area (Å²) < 4.78 is 43.5. The summed E-state index contributed by atoms with van der Waals surface area (Å²) in [5.41, 5.74) is 0.299. The standard InChI is InChI=1S/C16H17FN2O4S/c1-23-13-9-7-12(8-10-13)19(24(2,21)22)11-16(20)18-15-6-4-3-5-14(15)17/h3-10H,11H2,1-2H3,(H,18,20). The average molecular weight is 352 g/mol. The predicted octanol–water partition coefficient (Wildman–Crippen LogP) is 2.24. The Labute approximate surface area is 139 Å². The Morgan fingerprint density at radius 2 is 1.79 bits per heavy atom. The SMILES string of the molecule is COc1ccc(N(CC(=O)Nc2ccccc2F)S(C)(=O)=O)cc1. The van der Waals surface area contributed by atoms with Crippen molar-refractivity contribution in [2.75, 3.05) is 29.5 Å². The number of hydrogen-bond donors (Lipinski definition) is 1. The predicted molar refractivity (Wildman–Crippen MR) is 90.2 cm³/mol. The molecule has 0 aliphatic rings. The number of rotatable bonds is 6. The summed E-state index contributed by atoms with van der Waals surface area (Å²) in [4.78, 5) is 12.1. The molecular formula is C16H17FN2O4S. The molecule has 0 fully saturated rings. The molecule has 128 valence electrons. The van der Waals surface area contributed by atoms with Gasteiger partial charge in [0.1, 0.15) is 18.1 Å². The number of methoxy groups -OCH3 is 1. The minimum Gasteiger partial charge on any atom is -0.497 e. The number of hydrogen-bond acceptors (Lipinski definition) is 4. The van der Waals surface area contributed by atoms with E-state index in [1.54, 1.807) is 18.2 Å². The van der Waals surface area contributed by atoms with Gasteiger partial charge < -0.3 is 10.1 Å². The lowest BCUT2D eigenvalue weighted by molar-refractivity contribution is -0.114. The van der Waals surface area contributed by atoms with Crippen LogP contribution in [-0.4, -0.2) is 34.2 Å². The number of nitrogens with one attached hydrogen (secondary N) is 1. The van der Waals surface area contributed by atoms with E-state index < -0.39 is 28.3 Å². The molecule has 0 aromatic heterocycles. The maximum Gasteiger partial charge on any atom is 0.245 e. The van der Waals surface area contributed by atoms with Gasteiger partial charge in [-0.15, -0.1) is 0 Å². The van der Waals surface area contributed by atoms with Crippen LogP contribution in [0.5, 0.6) is 5.75 Å². The third-order valence-electron chi connectivity index (χ3n) is 3.20. The molecule has 0 saturated heterocycles. The van der Waals surface area contributed by atoms with E-state index in [1.165, 1.54) is 37.4 Å². The van der Waals surface area contributed by atoms with Crippen molar-refractivity contribution >= 4 is 27.3 Å². The zero-order valence-electron chi connectivity index (χ0n) is 13.2. The summed E-state index contributed by atoms with van der Waals surface area (Å²) in [6.07, 6.45) is 0.994. The van der Waals surface area contributed by atoms with E-state index in [1.807, 2.05) is 0 Å². The van der Waals surface area contributed by atoms with Crippen LogP contribution in [0.1, 0.15) is 0 Å². The van der Waals surface area contributed by atoms with E-state index in [2.05, 4.69) is 5.32 Å². The zero-order chi connectivity index (χ0) is 17.7. The summed E-state index contributed by atoms with van der Waals surface area (Å²) in [5.74, 6) is -0.689. The van der Waals surface area contributed by atoms with Gasteiger partial charge in [-0.2, -0.15) is 0 Å². The van der Waals surface area contributed by atoms with Gasteiger partial charge in [0, 0.05) is 0 Å². The van der Waals surface area contributed by atoms with Crippen molar-refractivity contribution in [3.63, 3.8) is 0 Å². The molecule has 2 aromatic carbocycles. The lowest BCUT2D eigenvalue weighted by Gasteiger charge is -2.22. The number of carbonyl (C=O) groups is 1. The third kappa shape index (κ3) is 4.45. The molecule has 2 aromatic rings. The molecule has 8 heteroatoms. The highest BCUT2D eigenvalue weighted by Gasteiger charge is 2.21. The fourth-order valence-corrected chi connectivity index (χ4v) is 2.89. The molecule has 6 nitrogen and oxygen atoms in total. The fourth-order valence-electron chi connectivity index (χ4n) is 2.03. The Kier molecular flexibility index (Phi) is 5.40. The van der Waals surface area contributed by atoms with Crippen molar-refractivity contribution < 1.29 is 22.3 Å². The molecule has 0 aliphatic heterocycles. The lowest BCUT2D eigenvalue weighted by atomic mass is 10.3. The molecule has 0 unspecified atom stereocenters. The highest BCUT2D eigenvalue weighted by molar-refractivity contribution is 7.92. The number of ether oxygens (including phenoxy) is 1. The van der Waals surface area contributed by atoms with Gasteiger partial charge >= 0.3 is 0 Å². The lowest BCUT2D eigenvalue weighted by Crippen LogP contribution is -2.37. The maximum atomic E-state index is 13.6. The summed E-state index contributed by atoms with van der Waals surface area (Å²) in [7, 11) is -2.21. The molecule has 0 radical (unpaired) electrons. The number of anilines is 2. The molecule has 2 rings (SSSR count). The first kappa shape index (κ1) is 17.7. The van der Waals surface area contributed by atoms with Crippen LogP contribution in [0, 0.1) is 5.82 Å². The van der Waals surface area contributed by atoms with Crippen molar-refractivity contribution in [1.82, 2.24) is 0 Å². The summed E-state index contributed by atoms with van der Waals surface area (Å²) in [6.45, 7) is -0.473. The first-order valence-corrected chi connectivity index (χ1v) is 8.82. The minimum absolute atomic E-state index is 0.00863. The van der Waals surface area contributed by atoms with Gasteiger partial charge in [-0.25, -0.2) is 12.8 Å². The van der Waals surface area contributed by atoms with Crippen LogP contribution in [0.3, 0.4) is 0 Å². The number of benzene rings is 2.